The van der Waals surface area contributed by atoms with Crippen LogP contribution in [0.4, 0.5) is 5.69 Å². The van der Waals surface area contributed by atoms with E-state index in [2.05, 4.69) is 10.3 Å². The molecule has 4 rings (SSSR count). The smallest absolute Gasteiger partial charge is 0.256 e. The summed E-state index contributed by atoms with van der Waals surface area (Å²) in [5.41, 5.74) is 4.47. The molecule has 0 saturated carbocycles. The molecule has 2 aromatic carbocycles. The second kappa shape index (κ2) is 4.89. The van der Waals surface area contributed by atoms with Crippen molar-refractivity contribution >= 4 is 45.7 Å². The third kappa shape index (κ3) is 2.11. The SMILES string of the molecule is Cc1cc2[nH]c(Cl)c(C=C3C(=O)Nc4ccccc43)c2cc1O. The summed E-state index contributed by atoms with van der Waals surface area (Å²) in [5, 5.41) is 14.0. The number of fused-ring (bicyclic) bond motifs is 2. The van der Waals surface area contributed by atoms with Gasteiger partial charge in [0.1, 0.15) is 10.9 Å². The number of anilines is 1. The minimum absolute atomic E-state index is 0.159. The Labute approximate surface area is 137 Å². The van der Waals surface area contributed by atoms with Crippen molar-refractivity contribution in [3.8, 4) is 5.75 Å². The molecule has 0 atom stereocenters. The number of phenolic OH excluding ortho intramolecular Hbond substituents is 1. The van der Waals surface area contributed by atoms with E-state index in [1.807, 2.05) is 37.3 Å². The zero-order chi connectivity index (χ0) is 16.1. The predicted octanol–water partition coefficient (Wildman–Crippen LogP) is 4.33. The van der Waals surface area contributed by atoms with Crippen LogP contribution in [0.15, 0.2) is 36.4 Å². The van der Waals surface area contributed by atoms with Crippen molar-refractivity contribution in [3.63, 3.8) is 0 Å². The molecular weight excluding hydrogens is 312 g/mol. The van der Waals surface area contributed by atoms with Crippen molar-refractivity contribution in [3.05, 3.63) is 58.2 Å². The number of phenols is 1. The topological polar surface area (TPSA) is 65.1 Å². The monoisotopic (exact) mass is 324 g/mol. The van der Waals surface area contributed by atoms with E-state index in [0.29, 0.717) is 16.3 Å². The zero-order valence-electron chi connectivity index (χ0n) is 12.3. The van der Waals surface area contributed by atoms with Gasteiger partial charge in [-0.25, -0.2) is 0 Å². The van der Waals surface area contributed by atoms with E-state index in [9.17, 15) is 9.90 Å². The van der Waals surface area contributed by atoms with Gasteiger partial charge in [-0.2, -0.15) is 0 Å². The number of carbonyl (C=O) groups excluding carboxylic acids is 1. The molecule has 2 heterocycles. The van der Waals surface area contributed by atoms with Crippen LogP contribution in [0.1, 0.15) is 16.7 Å². The van der Waals surface area contributed by atoms with Crippen LogP contribution in [0.5, 0.6) is 5.75 Å². The Kier molecular flexibility index (Phi) is 2.96. The number of nitrogens with one attached hydrogen (secondary N) is 2. The summed E-state index contributed by atoms with van der Waals surface area (Å²) >= 11 is 6.31. The van der Waals surface area contributed by atoms with Crippen LogP contribution < -0.4 is 5.32 Å². The van der Waals surface area contributed by atoms with Crippen molar-refractivity contribution in [1.82, 2.24) is 4.98 Å². The average Bonchev–Trinajstić information content (AvgIpc) is 2.98. The average molecular weight is 325 g/mol. The molecule has 0 saturated heterocycles. The molecule has 23 heavy (non-hydrogen) atoms. The number of para-hydroxylation sites is 1. The lowest BCUT2D eigenvalue weighted by Crippen LogP contribution is -2.03. The van der Waals surface area contributed by atoms with Crippen LogP contribution in [0.3, 0.4) is 0 Å². The van der Waals surface area contributed by atoms with Crippen molar-refractivity contribution in [2.24, 2.45) is 0 Å². The van der Waals surface area contributed by atoms with Gasteiger partial charge in [-0.15, -0.1) is 0 Å². The molecule has 0 spiro atoms. The van der Waals surface area contributed by atoms with Gasteiger partial charge in [0, 0.05) is 33.3 Å². The van der Waals surface area contributed by atoms with Gasteiger partial charge in [0.05, 0.1) is 0 Å². The van der Waals surface area contributed by atoms with Gasteiger partial charge >= 0.3 is 0 Å². The van der Waals surface area contributed by atoms with Crippen LogP contribution in [-0.2, 0) is 4.79 Å². The van der Waals surface area contributed by atoms with E-state index >= 15 is 0 Å². The number of aromatic hydroxyl groups is 1. The van der Waals surface area contributed by atoms with E-state index < -0.39 is 0 Å². The Morgan fingerprint density at radius 2 is 2.00 bits per heavy atom. The van der Waals surface area contributed by atoms with Gasteiger partial charge in [-0.1, -0.05) is 29.8 Å². The number of hydrogen-bond donors (Lipinski definition) is 3. The molecule has 3 aromatic rings. The molecular formula is C18H13ClN2O2. The van der Waals surface area contributed by atoms with E-state index in [4.69, 9.17) is 11.6 Å². The van der Waals surface area contributed by atoms with Gasteiger partial charge in [0.15, 0.2) is 0 Å². The molecule has 1 amide bonds. The summed E-state index contributed by atoms with van der Waals surface area (Å²) in [7, 11) is 0. The molecule has 0 unspecified atom stereocenters. The number of benzene rings is 2. The fourth-order valence-corrected chi connectivity index (χ4v) is 3.15. The lowest BCUT2D eigenvalue weighted by molar-refractivity contribution is -0.110. The van der Waals surface area contributed by atoms with Crippen LogP contribution in [0, 0.1) is 6.92 Å². The Morgan fingerprint density at radius 1 is 1.22 bits per heavy atom. The lowest BCUT2D eigenvalue weighted by Gasteiger charge is -2.01. The van der Waals surface area contributed by atoms with E-state index in [1.165, 1.54) is 0 Å². The Morgan fingerprint density at radius 3 is 2.83 bits per heavy atom. The second-order valence-electron chi connectivity index (χ2n) is 5.59. The minimum atomic E-state index is -0.159. The summed E-state index contributed by atoms with van der Waals surface area (Å²) in [6.07, 6.45) is 1.76. The molecule has 114 valence electrons. The number of aromatic amines is 1. The van der Waals surface area contributed by atoms with E-state index in [1.54, 1.807) is 12.1 Å². The highest BCUT2D eigenvalue weighted by Gasteiger charge is 2.24. The summed E-state index contributed by atoms with van der Waals surface area (Å²) in [6.45, 7) is 1.82. The molecule has 3 N–H and O–H groups in total. The van der Waals surface area contributed by atoms with Crippen LogP contribution in [0.2, 0.25) is 5.15 Å². The van der Waals surface area contributed by atoms with Gasteiger partial charge < -0.3 is 15.4 Å². The molecule has 1 aromatic heterocycles. The van der Waals surface area contributed by atoms with Crippen molar-refractivity contribution in [1.29, 1.82) is 0 Å². The Hall–Kier alpha value is -2.72. The fourth-order valence-electron chi connectivity index (χ4n) is 2.89. The number of H-pyrrole nitrogens is 1. The van der Waals surface area contributed by atoms with Crippen LogP contribution in [0.25, 0.3) is 22.6 Å². The molecule has 4 nitrogen and oxygen atoms in total. The Bertz CT molecular complexity index is 1000. The highest BCUT2D eigenvalue weighted by atomic mass is 35.5. The number of amides is 1. The number of aromatic nitrogens is 1. The maximum absolute atomic E-state index is 12.2. The number of rotatable bonds is 1. The first-order chi connectivity index (χ1) is 11.0. The zero-order valence-corrected chi connectivity index (χ0v) is 13.0. The molecule has 0 radical (unpaired) electrons. The predicted molar refractivity (Wildman–Crippen MR) is 92.7 cm³/mol. The largest absolute Gasteiger partial charge is 0.508 e. The van der Waals surface area contributed by atoms with Crippen LogP contribution >= 0.6 is 11.6 Å². The normalized spacial score (nSPS) is 15.2. The van der Waals surface area contributed by atoms with Crippen molar-refractivity contribution < 1.29 is 9.90 Å². The highest BCUT2D eigenvalue weighted by molar-refractivity contribution is 6.38. The van der Waals surface area contributed by atoms with E-state index in [0.717, 1.165) is 27.7 Å². The molecule has 1 aliphatic heterocycles. The summed E-state index contributed by atoms with van der Waals surface area (Å²) < 4.78 is 0. The van der Waals surface area contributed by atoms with Gasteiger partial charge in [0.25, 0.3) is 5.91 Å². The number of hydrogen-bond acceptors (Lipinski definition) is 2. The first-order valence-electron chi connectivity index (χ1n) is 7.18. The highest BCUT2D eigenvalue weighted by Crippen LogP contribution is 2.37. The number of halogens is 1. The first-order valence-corrected chi connectivity index (χ1v) is 7.55. The standard InChI is InChI=1S/C18H13ClN2O2/c1-9-6-15-11(8-16(9)22)12(17(19)20-15)7-13-10-4-2-3-5-14(10)21-18(13)23/h2-8,20,22H,1H3,(H,21,23). The maximum Gasteiger partial charge on any atom is 0.256 e. The second-order valence-corrected chi connectivity index (χ2v) is 5.97. The van der Waals surface area contributed by atoms with Gasteiger partial charge in [-0.3, -0.25) is 4.79 Å². The fraction of sp³-hybridized carbons (Fsp3) is 0.0556. The molecule has 5 heteroatoms. The molecule has 0 fully saturated rings. The number of aryl methyl sites for hydroxylation is 1. The first kappa shape index (κ1) is 13.9. The summed E-state index contributed by atoms with van der Waals surface area (Å²) in [4.78, 5) is 15.3. The molecule has 1 aliphatic rings. The minimum Gasteiger partial charge on any atom is -0.508 e. The van der Waals surface area contributed by atoms with E-state index in [-0.39, 0.29) is 11.7 Å². The quantitative estimate of drug-likeness (QED) is 0.583. The molecule has 0 aliphatic carbocycles. The summed E-state index contributed by atoms with van der Waals surface area (Å²) in [6, 6.07) is 11.0. The molecule has 0 bridgehead atoms. The Balaban J connectivity index is 1.95. The van der Waals surface area contributed by atoms with Crippen molar-refractivity contribution in [2.75, 3.05) is 5.32 Å². The number of carbonyl (C=O) groups is 1. The summed E-state index contributed by atoms with van der Waals surface area (Å²) in [5.74, 6) is 0.0389. The third-order valence-electron chi connectivity index (χ3n) is 4.11. The lowest BCUT2D eigenvalue weighted by atomic mass is 10.0. The van der Waals surface area contributed by atoms with Gasteiger partial charge in [0.2, 0.25) is 0 Å². The maximum atomic E-state index is 12.2. The third-order valence-corrected chi connectivity index (χ3v) is 4.40. The van der Waals surface area contributed by atoms with Gasteiger partial charge in [-0.05, 0) is 36.8 Å². The van der Waals surface area contributed by atoms with Crippen LogP contribution in [-0.4, -0.2) is 16.0 Å². The van der Waals surface area contributed by atoms with Crippen molar-refractivity contribution in [2.45, 2.75) is 6.92 Å².